The largest absolute Gasteiger partial charge is 0.228 e. The molecule has 6 aromatic carbocycles. The molecule has 0 atom stereocenters. The van der Waals surface area contributed by atoms with Crippen LogP contribution in [0.15, 0.2) is 170 Å². The molecular weight excluding hydrogens is 597 g/mol. The minimum absolute atomic E-state index is 0.440. The minimum atomic E-state index is -2.32. The number of allylic oxidation sites excluding steroid dienone is 1. The van der Waals surface area contributed by atoms with Crippen molar-refractivity contribution in [1.29, 1.82) is 0 Å². The van der Waals surface area contributed by atoms with Gasteiger partial charge in [-0.25, -0.2) is 9.97 Å². The van der Waals surface area contributed by atoms with Crippen molar-refractivity contribution in [1.82, 2.24) is 9.97 Å². The van der Waals surface area contributed by atoms with E-state index < -0.39 is 13.5 Å². The Kier molecular flexibility index (Phi) is 6.53. The Morgan fingerprint density at radius 2 is 0.917 bits per heavy atom. The summed E-state index contributed by atoms with van der Waals surface area (Å²) in [5.74, 6) is 0.784. The first-order chi connectivity index (χ1) is 23.6. The lowest BCUT2D eigenvalue weighted by Gasteiger charge is -2.36. The van der Waals surface area contributed by atoms with E-state index in [0.29, 0.717) is 0 Å². The highest BCUT2D eigenvalue weighted by molar-refractivity contribution is 7.08. The van der Waals surface area contributed by atoms with Gasteiger partial charge in [-0.1, -0.05) is 177 Å². The molecule has 2 heterocycles. The van der Waals surface area contributed by atoms with Gasteiger partial charge in [0.2, 0.25) is 0 Å². The molecule has 0 saturated carbocycles. The summed E-state index contributed by atoms with van der Waals surface area (Å²) in [4.78, 5) is 10.7. The quantitative estimate of drug-likeness (QED) is 0.177. The third-order valence-electron chi connectivity index (χ3n) is 10.3. The van der Waals surface area contributed by atoms with Crippen LogP contribution in [0, 0.1) is 0 Å². The smallest absolute Gasteiger partial charge is 0.160 e. The molecule has 1 aromatic heterocycles. The first kappa shape index (κ1) is 28.6. The maximum Gasteiger partial charge on any atom is 0.160 e. The topological polar surface area (TPSA) is 25.8 Å². The number of aromatic nitrogens is 2. The predicted octanol–water partition coefficient (Wildman–Crippen LogP) is 10.2. The summed E-state index contributed by atoms with van der Waals surface area (Å²) < 4.78 is 0. The van der Waals surface area contributed by atoms with E-state index in [1.54, 1.807) is 0 Å². The molecule has 1 aliphatic heterocycles. The Morgan fingerprint density at radius 1 is 0.458 bits per heavy atom. The molecule has 0 unspecified atom stereocenters. The van der Waals surface area contributed by atoms with E-state index >= 15 is 0 Å². The molecule has 0 radical (unpaired) electrons. The minimum Gasteiger partial charge on any atom is -0.228 e. The molecule has 0 saturated heterocycles. The van der Waals surface area contributed by atoms with Gasteiger partial charge in [-0.15, -0.1) is 0 Å². The summed E-state index contributed by atoms with van der Waals surface area (Å²) in [6.07, 6.45) is 0. The van der Waals surface area contributed by atoms with Gasteiger partial charge < -0.3 is 0 Å². The molecule has 9 rings (SSSR count). The zero-order chi connectivity index (χ0) is 32.3. The van der Waals surface area contributed by atoms with E-state index in [4.69, 9.17) is 9.97 Å². The van der Waals surface area contributed by atoms with Gasteiger partial charge >= 0.3 is 0 Å². The SMILES string of the molecule is C[Si]1(C)C2=C(c3cccc(-c4nc(-c5ccccc5)cc(-c5ccccc5)n4)c31)C(c1ccccc1)(c1ccccc1)c1ccccc12. The van der Waals surface area contributed by atoms with Crippen LogP contribution in [0.5, 0.6) is 0 Å². The van der Waals surface area contributed by atoms with E-state index in [1.807, 2.05) is 0 Å². The first-order valence-corrected chi connectivity index (χ1v) is 19.7. The van der Waals surface area contributed by atoms with Crippen molar-refractivity contribution in [3.8, 4) is 33.9 Å². The maximum atomic E-state index is 5.33. The van der Waals surface area contributed by atoms with Crippen molar-refractivity contribution in [3.05, 3.63) is 198 Å². The van der Waals surface area contributed by atoms with Crippen LogP contribution in [0.2, 0.25) is 13.1 Å². The molecule has 7 aromatic rings. The Morgan fingerprint density at radius 3 is 1.48 bits per heavy atom. The van der Waals surface area contributed by atoms with Gasteiger partial charge in [0, 0.05) is 16.7 Å². The number of nitrogens with zero attached hydrogens (tertiary/aromatic N) is 2. The fourth-order valence-corrected chi connectivity index (χ4v) is 12.3. The Bertz CT molecular complexity index is 2250. The fourth-order valence-electron chi connectivity index (χ4n) is 8.44. The summed E-state index contributed by atoms with van der Waals surface area (Å²) in [5, 5.41) is 2.95. The molecule has 0 bridgehead atoms. The van der Waals surface area contributed by atoms with Crippen LogP contribution < -0.4 is 5.19 Å². The zero-order valence-electron chi connectivity index (χ0n) is 27.1. The van der Waals surface area contributed by atoms with Crippen LogP contribution in [0.1, 0.15) is 27.8 Å². The molecule has 3 heteroatoms. The second kappa shape index (κ2) is 11.0. The fraction of sp³-hybridized carbons (Fsp3) is 0.0667. The van der Waals surface area contributed by atoms with Crippen molar-refractivity contribution < 1.29 is 0 Å². The average molecular weight is 631 g/mol. The number of hydrogen-bond acceptors (Lipinski definition) is 2. The van der Waals surface area contributed by atoms with Gasteiger partial charge in [0.15, 0.2) is 5.82 Å². The Hall–Kier alpha value is -5.64. The number of hydrogen-bond donors (Lipinski definition) is 0. The molecular formula is C45H34N2Si. The lowest BCUT2D eigenvalue weighted by Crippen LogP contribution is -2.43. The van der Waals surface area contributed by atoms with Crippen molar-refractivity contribution >= 4 is 24.0 Å². The third-order valence-corrected chi connectivity index (χ3v) is 13.9. The standard InChI is InChI=1S/C45H34N2Si/c1-48(2)42-36(27-17-28-37(42)44-46-39(31-18-7-3-8-19-31)30-40(47-44)32-20-9-4-10-21-32)41-43(48)35-26-15-16-29-38(35)45(41,33-22-11-5-12-23-33)34-24-13-6-14-25-34/h3-30H,1-2H3. The zero-order valence-corrected chi connectivity index (χ0v) is 28.1. The van der Waals surface area contributed by atoms with Crippen LogP contribution >= 0.6 is 0 Å². The van der Waals surface area contributed by atoms with Gasteiger partial charge in [-0.2, -0.15) is 0 Å². The molecule has 2 nitrogen and oxygen atoms in total. The van der Waals surface area contributed by atoms with E-state index in [9.17, 15) is 0 Å². The predicted molar refractivity (Wildman–Crippen MR) is 201 cm³/mol. The van der Waals surface area contributed by atoms with E-state index in [2.05, 4.69) is 183 Å². The summed E-state index contributed by atoms with van der Waals surface area (Å²) in [5.41, 5.74) is 12.8. The van der Waals surface area contributed by atoms with Gasteiger partial charge in [0.1, 0.15) is 8.07 Å². The van der Waals surface area contributed by atoms with Crippen LogP contribution in [-0.4, -0.2) is 18.0 Å². The molecule has 0 fully saturated rings. The number of rotatable bonds is 5. The molecule has 228 valence electrons. The third kappa shape index (κ3) is 4.11. The van der Waals surface area contributed by atoms with Gasteiger partial charge in [-0.05, 0) is 49.8 Å². The summed E-state index contributed by atoms with van der Waals surface area (Å²) in [7, 11) is -2.32. The van der Waals surface area contributed by atoms with Gasteiger partial charge in [0.05, 0.1) is 16.8 Å². The van der Waals surface area contributed by atoms with Crippen molar-refractivity contribution in [2.24, 2.45) is 0 Å². The highest BCUT2D eigenvalue weighted by Crippen LogP contribution is 2.62. The normalized spacial score (nSPS) is 15.1. The summed E-state index contributed by atoms with van der Waals surface area (Å²) in [6.45, 7) is 5.05. The van der Waals surface area contributed by atoms with E-state index in [1.165, 1.54) is 43.8 Å². The molecule has 1 aliphatic carbocycles. The maximum absolute atomic E-state index is 5.33. The van der Waals surface area contributed by atoms with E-state index in [0.717, 1.165) is 33.9 Å². The Labute approximate surface area is 283 Å². The molecule has 48 heavy (non-hydrogen) atoms. The molecule has 2 aliphatic rings. The second-order valence-corrected chi connectivity index (χ2v) is 17.6. The average Bonchev–Trinajstić information content (AvgIpc) is 3.61. The van der Waals surface area contributed by atoms with E-state index in [-0.39, 0.29) is 0 Å². The van der Waals surface area contributed by atoms with Crippen molar-refractivity contribution in [2.45, 2.75) is 18.5 Å². The lowest BCUT2D eigenvalue weighted by atomic mass is 9.65. The summed E-state index contributed by atoms with van der Waals surface area (Å²) in [6, 6.07) is 61.3. The second-order valence-electron chi connectivity index (χ2n) is 13.3. The van der Waals surface area contributed by atoms with Crippen molar-refractivity contribution in [3.63, 3.8) is 0 Å². The van der Waals surface area contributed by atoms with Gasteiger partial charge in [-0.3, -0.25) is 0 Å². The molecule has 0 amide bonds. The van der Waals surface area contributed by atoms with Crippen LogP contribution in [0.25, 0.3) is 44.7 Å². The molecule has 0 spiro atoms. The first-order valence-electron chi connectivity index (χ1n) is 16.7. The highest BCUT2D eigenvalue weighted by atomic mass is 28.3. The van der Waals surface area contributed by atoms with Crippen LogP contribution in [0.4, 0.5) is 0 Å². The highest BCUT2D eigenvalue weighted by Gasteiger charge is 2.56. The van der Waals surface area contributed by atoms with Crippen LogP contribution in [-0.2, 0) is 5.41 Å². The Balaban J connectivity index is 1.35. The van der Waals surface area contributed by atoms with Crippen molar-refractivity contribution in [2.75, 3.05) is 0 Å². The number of benzene rings is 6. The molecule has 0 N–H and O–H groups in total. The number of fused-ring (bicyclic) bond motifs is 4. The van der Waals surface area contributed by atoms with Gasteiger partial charge in [0.25, 0.3) is 0 Å². The van der Waals surface area contributed by atoms with Crippen LogP contribution in [0.3, 0.4) is 0 Å². The summed E-state index contributed by atoms with van der Waals surface area (Å²) >= 11 is 0. The monoisotopic (exact) mass is 630 g/mol. The lowest BCUT2D eigenvalue weighted by molar-refractivity contribution is 0.815.